The Bertz CT molecular complexity index is 4540. The van der Waals surface area contributed by atoms with Gasteiger partial charge in [-0.3, -0.25) is 0 Å². The zero-order chi connectivity index (χ0) is 64.3. The molecule has 12 heteroatoms. The third kappa shape index (κ3) is 14.7. The molecule has 12 nitrogen and oxygen atoms in total. The molecule has 8 heterocycles. The summed E-state index contributed by atoms with van der Waals surface area (Å²) in [7, 11) is 8.06. The van der Waals surface area contributed by atoms with Gasteiger partial charge in [0, 0.05) is 77.7 Å². The molecule has 0 spiro atoms. The molecular formula is C76H100N8O4+4. The summed E-state index contributed by atoms with van der Waals surface area (Å²) in [5.41, 5.74) is 30.9. The molecule has 0 fully saturated rings. The Morgan fingerprint density at radius 1 is 0.352 bits per heavy atom. The van der Waals surface area contributed by atoms with Gasteiger partial charge in [-0.05, 0) is 152 Å². The van der Waals surface area contributed by atoms with Crippen LogP contribution in [0, 0.1) is 96.9 Å². The molecule has 0 aliphatic heterocycles. The first-order chi connectivity index (χ1) is 41.2. The number of oxazole rings is 4. The lowest BCUT2D eigenvalue weighted by Crippen LogP contribution is -2.30. The minimum Gasteiger partial charge on any atom is -0.435 e. The summed E-state index contributed by atoms with van der Waals surface area (Å²) in [6, 6.07) is 25.9. The van der Waals surface area contributed by atoms with E-state index < -0.39 is 12.7 Å². The van der Waals surface area contributed by atoms with E-state index in [-0.39, 0.29) is 35.6 Å². The molecule has 88 heavy (non-hydrogen) atoms. The highest BCUT2D eigenvalue weighted by Gasteiger charge is 2.24. The van der Waals surface area contributed by atoms with Gasteiger partial charge in [-0.15, -0.1) is 0 Å². The molecule has 1 unspecified atom stereocenters. The number of fused-ring (bicyclic) bond motifs is 4. The van der Waals surface area contributed by atoms with E-state index in [0.29, 0.717) is 28.8 Å². The third-order valence-corrected chi connectivity index (χ3v) is 16.0. The molecule has 0 saturated heterocycles. The Labute approximate surface area is 530 Å². The van der Waals surface area contributed by atoms with Gasteiger partial charge in [0.15, 0.2) is 23.6 Å². The predicted molar refractivity (Wildman–Crippen MR) is 364 cm³/mol. The summed E-state index contributed by atoms with van der Waals surface area (Å²) in [4.78, 5) is 17.8. The Hall–Kier alpha value is -8.64. The molecule has 0 saturated carbocycles. The van der Waals surface area contributed by atoms with Gasteiger partial charge in [0.25, 0.3) is 0 Å². The summed E-state index contributed by atoms with van der Waals surface area (Å²) >= 11 is 0. The largest absolute Gasteiger partial charge is 0.435 e. The average molecular weight is 1190 g/mol. The zero-order valence-electron chi connectivity index (χ0n) is 57.0. The van der Waals surface area contributed by atoms with Crippen molar-refractivity contribution in [2.45, 2.75) is 166 Å². The summed E-state index contributed by atoms with van der Waals surface area (Å²) in [6.45, 7) is 32.4. The SMILES string of the molecule is C.C.C.C.Cc1cc(C)c(C)c(-c2cc3nc(C(C)C)oc3c[n+]2C)c1.Cc1cc(C)c(C)c(-c2cc3nc(C)oc3c[n+]2C)c1.Cc1cc(C)c(C)c(-c2cc3nc(C)oc3c[n+]2C)c1.[2H]C([2H])([2H])C([2H])(C)c1nc2cc(-c3cc(C)cc(C)c3C)[n+](C)cc2o1. The van der Waals surface area contributed by atoms with Crippen molar-refractivity contribution in [3.05, 3.63) is 188 Å². The molecule has 0 aliphatic carbocycles. The standard InChI is InChI=1S/2C19H23N2O.2C17H19N2O.4CH4/c2*1-11(2)19-20-16-9-17(21(6)10-18(16)22-19)15-8-12(3)7-13(4)14(15)5;2*1-10-6-11(2)12(3)14(7-10)16-8-15-17(9-19(16)5)20-13(4)18-15;;;;/h2*7-11H,1-6H3;2*6-9H,1-5H3;4*1H4/q4*+1;;;;/i1D3,11D;;;;;;;. The first kappa shape index (κ1) is 63.9. The highest BCUT2D eigenvalue weighted by Crippen LogP contribution is 2.32. The monoisotopic (exact) mass is 1190 g/mol. The maximum atomic E-state index is 8.19. The van der Waals surface area contributed by atoms with Crippen LogP contribution in [0.5, 0.6) is 0 Å². The smallest absolute Gasteiger partial charge is 0.218 e. The number of benzene rings is 4. The van der Waals surface area contributed by atoms with Crippen molar-refractivity contribution in [2.75, 3.05) is 0 Å². The summed E-state index contributed by atoms with van der Waals surface area (Å²) < 4.78 is 61.8. The fourth-order valence-electron chi connectivity index (χ4n) is 11.0. The van der Waals surface area contributed by atoms with Crippen molar-refractivity contribution >= 4 is 44.4 Å². The molecule has 4 aromatic carbocycles. The van der Waals surface area contributed by atoms with Crippen LogP contribution in [0.15, 0.2) is 115 Å². The number of hydrogen-bond acceptors (Lipinski definition) is 8. The Morgan fingerprint density at radius 3 is 0.875 bits per heavy atom. The highest BCUT2D eigenvalue weighted by atomic mass is 16.4. The fraction of sp³-hybridized carbons (Fsp3) is 0.368. The number of pyridine rings is 4. The second kappa shape index (κ2) is 28.0. The topological polar surface area (TPSA) is 120 Å². The number of aryl methyl sites for hydroxylation is 14. The predicted octanol–water partition coefficient (Wildman–Crippen LogP) is 18.4. The first-order valence-electron chi connectivity index (χ1n) is 30.7. The van der Waals surface area contributed by atoms with Gasteiger partial charge in [0.1, 0.15) is 50.3 Å². The Kier molecular flexibility index (Phi) is 20.3. The lowest BCUT2D eigenvalue weighted by Gasteiger charge is -2.08. The lowest BCUT2D eigenvalue weighted by molar-refractivity contribution is -0.659. The van der Waals surface area contributed by atoms with E-state index in [0.717, 1.165) is 61.8 Å². The second-order valence-corrected chi connectivity index (χ2v) is 23.4. The van der Waals surface area contributed by atoms with Crippen molar-refractivity contribution in [1.82, 2.24) is 19.9 Å². The summed E-state index contributed by atoms with van der Waals surface area (Å²) in [6.07, 6.45) is 7.82. The normalized spacial score (nSPS) is 12.4. The van der Waals surface area contributed by atoms with Gasteiger partial charge >= 0.3 is 0 Å². The van der Waals surface area contributed by atoms with Crippen LogP contribution in [0.3, 0.4) is 0 Å². The van der Waals surface area contributed by atoms with Crippen LogP contribution in [0.2, 0.25) is 0 Å². The molecule has 0 aliphatic rings. The van der Waals surface area contributed by atoms with Gasteiger partial charge in [-0.25, -0.2) is 19.9 Å². The highest BCUT2D eigenvalue weighted by molar-refractivity contribution is 5.80. The minimum atomic E-state index is -2.52. The molecule has 0 radical (unpaired) electrons. The summed E-state index contributed by atoms with van der Waals surface area (Å²) in [5, 5.41) is 0. The van der Waals surface area contributed by atoms with Crippen molar-refractivity contribution in [2.24, 2.45) is 28.2 Å². The van der Waals surface area contributed by atoms with Crippen molar-refractivity contribution in [1.29, 1.82) is 0 Å². The number of nitrogens with zero attached hydrogens (tertiary/aromatic N) is 8. The van der Waals surface area contributed by atoms with E-state index >= 15 is 0 Å². The molecule has 8 aromatic heterocycles. The number of rotatable bonds is 6. The molecule has 0 amide bonds. The van der Waals surface area contributed by atoms with Crippen LogP contribution in [-0.4, -0.2) is 19.9 Å². The number of hydrogen-bond donors (Lipinski definition) is 0. The van der Waals surface area contributed by atoms with Gasteiger partial charge in [0.05, 0.1) is 0 Å². The average Bonchev–Trinajstić information content (AvgIpc) is 1.13. The molecule has 12 aromatic rings. The molecule has 1 atom stereocenters. The van der Waals surface area contributed by atoms with E-state index in [1.165, 1.54) is 96.1 Å². The summed E-state index contributed by atoms with van der Waals surface area (Å²) in [5.74, 6) is 0.499. The molecule has 0 bridgehead atoms. The molecule has 464 valence electrons. The van der Waals surface area contributed by atoms with E-state index in [2.05, 4.69) is 204 Å². The second-order valence-electron chi connectivity index (χ2n) is 23.4. The van der Waals surface area contributed by atoms with Crippen molar-refractivity contribution in [3.8, 4) is 45.0 Å². The third-order valence-electron chi connectivity index (χ3n) is 16.0. The van der Waals surface area contributed by atoms with Crippen molar-refractivity contribution < 1.29 is 41.4 Å². The Morgan fingerprint density at radius 2 is 0.602 bits per heavy atom. The van der Waals surface area contributed by atoms with Gasteiger partial charge in [0.2, 0.25) is 69.9 Å². The van der Waals surface area contributed by atoms with Crippen LogP contribution in [0.25, 0.3) is 89.4 Å². The minimum absolute atomic E-state index is 0. The molecule has 0 N–H and O–H groups in total. The fourth-order valence-corrected chi connectivity index (χ4v) is 11.0. The van der Waals surface area contributed by atoms with E-state index in [4.69, 9.17) is 23.2 Å². The molecule has 12 rings (SSSR count). The van der Waals surface area contributed by atoms with Gasteiger partial charge in [-0.1, -0.05) is 104 Å². The maximum Gasteiger partial charge on any atom is 0.218 e. The van der Waals surface area contributed by atoms with Gasteiger partial charge in [-0.2, -0.15) is 18.3 Å². The van der Waals surface area contributed by atoms with E-state index in [9.17, 15) is 0 Å². The van der Waals surface area contributed by atoms with Crippen LogP contribution < -0.4 is 18.3 Å². The van der Waals surface area contributed by atoms with Crippen LogP contribution in [0.4, 0.5) is 0 Å². The Balaban J connectivity index is 0.000000221. The molecular weight excluding hydrogens is 1090 g/mol. The van der Waals surface area contributed by atoms with Gasteiger partial charge < -0.3 is 17.7 Å². The van der Waals surface area contributed by atoms with Crippen LogP contribution >= 0.6 is 0 Å². The van der Waals surface area contributed by atoms with Crippen LogP contribution in [0.1, 0.15) is 165 Å². The van der Waals surface area contributed by atoms with Crippen molar-refractivity contribution in [3.63, 3.8) is 0 Å². The lowest BCUT2D eigenvalue weighted by atomic mass is 9.97. The maximum absolute atomic E-state index is 8.19. The van der Waals surface area contributed by atoms with Crippen LogP contribution in [-0.2, 0) is 28.2 Å². The number of aromatic nitrogens is 8. The quantitative estimate of drug-likeness (QED) is 0.151. The van der Waals surface area contributed by atoms with E-state index in [1.807, 2.05) is 64.2 Å². The zero-order valence-corrected chi connectivity index (χ0v) is 53.0. The van der Waals surface area contributed by atoms with E-state index in [1.54, 1.807) is 6.20 Å². The first-order valence-corrected chi connectivity index (χ1v) is 28.7.